The highest BCUT2D eigenvalue weighted by atomic mass is 35.5. The third-order valence-electron chi connectivity index (χ3n) is 4.25. The molecular formula is C20H20ClN3O4. The van der Waals surface area contributed by atoms with E-state index in [0.717, 1.165) is 5.56 Å². The number of aryl methyl sites for hydroxylation is 1. The Kier molecular flexibility index (Phi) is 6.49. The number of hydrogen-bond donors (Lipinski definition) is 1. The number of nitrogens with zero attached hydrogens (tertiary/aromatic N) is 2. The molecule has 1 N–H and O–H groups in total. The predicted molar refractivity (Wildman–Crippen MR) is 106 cm³/mol. The maximum atomic E-state index is 12.2. The fourth-order valence-corrected chi connectivity index (χ4v) is 2.87. The average molecular weight is 402 g/mol. The van der Waals surface area contributed by atoms with Crippen LogP contribution in [0, 0.1) is 0 Å². The number of halogens is 1. The Morgan fingerprint density at radius 3 is 2.75 bits per heavy atom. The van der Waals surface area contributed by atoms with Gasteiger partial charge in [-0.15, -0.1) is 0 Å². The fraction of sp³-hybridized carbons (Fsp3) is 0.250. The van der Waals surface area contributed by atoms with Crippen LogP contribution in [0.25, 0.3) is 11.0 Å². The molecule has 0 atom stereocenters. The van der Waals surface area contributed by atoms with Crippen molar-refractivity contribution in [2.24, 2.45) is 0 Å². The molecular weight excluding hydrogens is 382 g/mol. The topological polar surface area (TPSA) is 84.7 Å². The maximum absolute atomic E-state index is 12.2. The minimum atomic E-state index is -0.657. The molecule has 1 heterocycles. The first-order chi connectivity index (χ1) is 13.5. The van der Waals surface area contributed by atoms with E-state index in [0.29, 0.717) is 34.7 Å². The number of carbonyl (C=O) groups is 2. The van der Waals surface area contributed by atoms with Crippen molar-refractivity contribution in [3.63, 3.8) is 0 Å². The quantitative estimate of drug-likeness (QED) is 0.643. The summed E-state index contributed by atoms with van der Waals surface area (Å²) in [4.78, 5) is 25.7. The van der Waals surface area contributed by atoms with Gasteiger partial charge in [-0.1, -0.05) is 47.1 Å². The minimum absolute atomic E-state index is 0.0496. The molecule has 0 aliphatic rings. The van der Waals surface area contributed by atoms with Crippen LogP contribution in [0.4, 0.5) is 10.6 Å². The lowest BCUT2D eigenvalue weighted by atomic mass is 10.1. The van der Waals surface area contributed by atoms with E-state index in [1.54, 1.807) is 25.2 Å². The van der Waals surface area contributed by atoms with Crippen molar-refractivity contribution in [1.29, 1.82) is 0 Å². The number of carbonyl (C=O) groups excluding carboxylic acids is 2. The molecule has 0 saturated heterocycles. The van der Waals surface area contributed by atoms with E-state index in [1.807, 2.05) is 30.3 Å². The largest absolute Gasteiger partial charge is 0.447 e. The standard InChI is InChI=1S/C20H20ClN3O4/c1-24(18(25)11-10-14-6-2-4-8-16(14)21)12-13-27-20(26)22-19-15-7-3-5-9-17(15)28-23-19/h2-9H,10-13H2,1H3,(H,22,23,26). The number of anilines is 1. The number of aromatic nitrogens is 1. The van der Waals surface area contributed by atoms with Crippen LogP contribution in [-0.4, -0.2) is 42.3 Å². The number of nitrogens with one attached hydrogen (secondary N) is 1. The van der Waals surface area contributed by atoms with Gasteiger partial charge in [0.05, 0.1) is 11.9 Å². The molecule has 0 saturated carbocycles. The normalized spacial score (nSPS) is 10.6. The van der Waals surface area contributed by atoms with Crippen molar-refractivity contribution in [1.82, 2.24) is 10.1 Å². The summed E-state index contributed by atoms with van der Waals surface area (Å²) in [5.41, 5.74) is 1.50. The monoisotopic (exact) mass is 401 g/mol. The van der Waals surface area contributed by atoms with E-state index < -0.39 is 6.09 Å². The Morgan fingerprint density at radius 1 is 1.18 bits per heavy atom. The molecule has 0 unspecified atom stereocenters. The van der Waals surface area contributed by atoms with Crippen molar-refractivity contribution in [3.8, 4) is 0 Å². The second-order valence-corrected chi connectivity index (χ2v) is 6.60. The van der Waals surface area contributed by atoms with Gasteiger partial charge in [-0.3, -0.25) is 10.1 Å². The van der Waals surface area contributed by atoms with Crippen LogP contribution in [-0.2, 0) is 16.0 Å². The molecule has 7 nitrogen and oxygen atoms in total. The molecule has 3 aromatic rings. The first kappa shape index (κ1) is 19.7. The minimum Gasteiger partial charge on any atom is -0.447 e. The van der Waals surface area contributed by atoms with Gasteiger partial charge in [-0.05, 0) is 30.2 Å². The van der Waals surface area contributed by atoms with Crippen LogP contribution >= 0.6 is 11.6 Å². The van der Waals surface area contributed by atoms with E-state index >= 15 is 0 Å². The fourth-order valence-electron chi connectivity index (χ4n) is 2.64. The van der Waals surface area contributed by atoms with Crippen molar-refractivity contribution >= 4 is 40.4 Å². The Bertz CT molecular complexity index is 973. The zero-order chi connectivity index (χ0) is 19.9. The summed E-state index contributed by atoms with van der Waals surface area (Å²) in [6.07, 6.45) is 0.233. The molecule has 0 bridgehead atoms. The molecule has 0 spiro atoms. The Morgan fingerprint density at radius 2 is 1.93 bits per heavy atom. The highest BCUT2D eigenvalue weighted by molar-refractivity contribution is 6.31. The number of benzene rings is 2. The Balaban J connectivity index is 1.40. The number of para-hydroxylation sites is 1. The predicted octanol–water partition coefficient (Wildman–Crippen LogP) is 4.12. The van der Waals surface area contributed by atoms with Crippen LogP contribution in [0.5, 0.6) is 0 Å². The molecule has 2 amide bonds. The van der Waals surface area contributed by atoms with E-state index in [9.17, 15) is 9.59 Å². The van der Waals surface area contributed by atoms with Gasteiger partial charge in [0.2, 0.25) is 5.91 Å². The molecule has 0 radical (unpaired) electrons. The number of hydrogen-bond acceptors (Lipinski definition) is 5. The Labute approximate surface area is 167 Å². The summed E-state index contributed by atoms with van der Waals surface area (Å²) in [6.45, 7) is 0.351. The number of amides is 2. The van der Waals surface area contributed by atoms with Gasteiger partial charge in [0.25, 0.3) is 0 Å². The van der Waals surface area contributed by atoms with Gasteiger partial charge in [-0.25, -0.2) is 4.79 Å². The van der Waals surface area contributed by atoms with Crippen LogP contribution in [0.3, 0.4) is 0 Å². The molecule has 1 aromatic heterocycles. The molecule has 8 heteroatoms. The van der Waals surface area contributed by atoms with Crippen molar-refractivity contribution < 1.29 is 18.8 Å². The summed E-state index contributed by atoms with van der Waals surface area (Å²) in [5.74, 6) is 0.246. The summed E-state index contributed by atoms with van der Waals surface area (Å²) in [5, 5.41) is 7.68. The smallest absolute Gasteiger partial charge is 0.412 e. The van der Waals surface area contributed by atoms with Gasteiger partial charge in [0.15, 0.2) is 11.4 Å². The first-order valence-electron chi connectivity index (χ1n) is 8.80. The van der Waals surface area contributed by atoms with Crippen LogP contribution in [0.2, 0.25) is 5.02 Å². The van der Waals surface area contributed by atoms with Crippen LogP contribution in [0.15, 0.2) is 53.1 Å². The van der Waals surface area contributed by atoms with E-state index in [-0.39, 0.29) is 19.1 Å². The van der Waals surface area contributed by atoms with Crippen LogP contribution in [0.1, 0.15) is 12.0 Å². The maximum Gasteiger partial charge on any atom is 0.412 e. The molecule has 2 aromatic carbocycles. The van der Waals surface area contributed by atoms with Gasteiger partial charge >= 0.3 is 6.09 Å². The molecule has 3 rings (SSSR count). The summed E-state index contributed by atoms with van der Waals surface area (Å²) in [7, 11) is 1.67. The lowest BCUT2D eigenvalue weighted by molar-refractivity contribution is -0.130. The number of likely N-dealkylation sites (N-methyl/N-ethyl adjacent to an activating group) is 1. The van der Waals surface area contributed by atoms with E-state index in [4.69, 9.17) is 20.9 Å². The van der Waals surface area contributed by atoms with E-state index in [2.05, 4.69) is 10.5 Å². The van der Waals surface area contributed by atoms with Crippen LogP contribution < -0.4 is 5.32 Å². The summed E-state index contributed by atoms with van der Waals surface area (Å²) < 4.78 is 10.2. The highest BCUT2D eigenvalue weighted by Crippen LogP contribution is 2.22. The van der Waals surface area contributed by atoms with Crippen molar-refractivity contribution in [3.05, 3.63) is 59.1 Å². The highest BCUT2D eigenvalue weighted by Gasteiger charge is 2.13. The van der Waals surface area contributed by atoms with Crippen molar-refractivity contribution in [2.45, 2.75) is 12.8 Å². The van der Waals surface area contributed by atoms with Crippen molar-refractivity contribution in [2.75, 3.05) is 25.5 Å². The molecule has 0 fully saturated rings. The zero-order valence-electron chi connectivity index (χ0n) is 15.4. The second-order valence-electron chi connectivity index (χ2n) is 6.19. The second kappa shape index (κ2) is 9.23. The SMILES string of the molecule is CN(CCOC(=O)Nc1noc2ccccc12)C(=O)CCc1ccccc1Cl. The lowest BCUT2D eigenvalue weighted by Crippen LogP contribution is -2.31. The number of fused-ring (bicyclic) bond motifs is 1. The van der Waals surface area contributed by atoms with E-state index in [1.165, 1.54) is 4.90 Å². The van der Waals surface area contributed by atoms with Gasteiger partial charge in [0.1, 0.15) is 6.61 Å². The van der Waals surface area contributed by atoms with Gasteiger partial charge < -0.3 is 14.2 Å². The number of rotatable bonds is 7. The lowest BCUT2D eigenvalue weighted by Gasteiger charge is -2.17. The van der Waals surface area contributed by atoms with Gasteiger partial charge in [-0.2, -0.15) is 0 Å². The third-order valence-corrected chi connectivity index (χ3v) is 4.62. The molecule has 0 aliphatic carbocycles. The average Bonchev–Trinajstić information content (AvgIpc) is 3.10. The number of ether oxygens (including phenoxy) is 1. The third kappa shape index (κ3) is 5.01. The zero-order valence-corrected chi connectivity index (χ0v) is 16.1. The molecule has 28 heavy (non-hydrogen) atoms. The molecule has 146 valence electrons. The van der Waals surface area contributed by atoms with Gasteiger partial charge in [0, 0.05) is 18.5 Å². The summed E-state index contributed by atoms with van der Waals surface area (Å²) >= 11 is 6.10. The molecule has 0 aliphatic heterocycles. The summed E-state index contributed by atoms with van der Waals surface area (Å²) in [6, 6.07) is 14.6. The Hall–Kier alpha value is -3.06. The first-order valence-corrected chi connectivity index (χ1v) is 9.18.